The molecule has 1 aromatic rings. The molecule has 1 saturated heterocycles. The van der Waals surface area contributed by atoms with Gasteiger partial charge in [0.05, 0.1) is 11.5 Å². The molecule has 18 heavy (non-hydrogen) atoms. The number of sulfonamides is 1. The Bertz CT molecular complexity index is 547. The van der Waals surface area contributed by atoms with E-state index in [-0.39, 0.29) is 17.5 Å². The van der Waals surface area contributed by atoms with Crippen LogP contribution in [0.2, 0.25) is 0 Å². The molecule has 1 aliphatic heterocycles. The zero-order chi connectivity index (χ0) is 13.3. The van der Waals surface area contributed by atoms with Crippen molar-refractivity contribution in [2.24, 2.45) is 0 Å². The SMILES string of the molecule is Nc1ccc(Br)c(S(=O)(=O)N2CCCC2CO)c1. The first kappa shape index (κ1) is 13.8. The third-order valence-electron chi connectivity index (χ3n) is 3.08. The van der Waals surface area contributed by atoms with Crippen molar-refractivity contribution in [2.75, 3.05) is 18.9 Å². The van der Waals surface area contributed by atoms with Gasteiger partial charge in [0.2, 0.25) is 10.0 Å². The fourth-order valence-corrected chi connectivity index (χ4v) is 4.80. The Labute approximate surface area is 115 Å². The van der Waals surface area contributed by atoms with E-state index in [0.29, 0.717) is 23.1 Å². The molecule has 2 rings (SSSR count). The van der Waals surface area contributed by atoms with Gasteiger partial charge in [-0.1, -0.05) is 0 Å². The van der Waals surface area contributed by atoms with E-state index >= 15 is 0 Å². The summed E-state index contributed by atoms with van der Waals surface area (Å²) in [5.41, 5.74) is 6.04. The largest absolute Gasteiger partial charge is 0.399 e. The van der Waals surface area contributed by atoms with Crippen molar-refractivity contribution in [3.05, 3.63) is 22.7 Å². The first-order valence-corrected chi connectivity index (χ1v) is 7.88. The van der Waals surface area contributed by atoms with Crippen LogP contribution in [-0.4, -0.2) is 37.0 Å². The molecule has 0 saturated carbocycles. The van der Waals surface area contributed by atoms with Crippen LogP contribution in [0.1, 0.15) is 12.8 Å². The molecule has 0 aliphatic carbocycles. The summed E-state index contributed by atoms with van der Waals surface area (Å²) in [5, 5.41) is 9.23. The lowest BCUT2D eigenvalue weighted by Crippen LogP contribution is -2.37. The summed E-state index contributed by atoms with van der Waals surface area (Å²) in [5.74, 6) is 0. The van der Waals surface area contributed by atoms with E-state index in [1.165, 1.54) is 10.4 Å². The van der Waals surface area contributed by atoms with Crippen LogP contribution in [0.5, 0.6) is 0 Å². The number of aliphatic hydroxyl groups excluding tert-OH is 1. The highest BCUT2D eigenvalue weighted by molar-refractivity contribution is 9.10. The number of nitrogens with two attached hydrogens (primary N) is 1. The monoisotopic (exact) mass is 334 g/mol. The zero-order valence-corrected chi connectivity index (χ0v) is 12.1. The number of halogens is 1. The molecule has 5 nitrogen and oxygen atoms in total. The van der Waals surface area contributed by atoms with Crippen LogP contribution in [0.15, 0.2) is 27.6 Å². The summed E-state index contributed by atoms with van der Waals surface area (Å²) >= 11 is 3.23. The maximum Gasteiger partial charge on any atom is 0.244 e. The number of hydrogen-bond donors (Lipinski definition) is 2. The Kier molecular flexibility index (Phi) is 3.96. The van der Waals surface area contributed by atoms with Gasteiger partial charge >= 0.3 is 0 Å². The molecule has 1 unspecified atom stereocenters. The highest BCUT2D eigenvalue weighted by Gasteiger charge is 2.35. The van der Waals surface area contributed by atoms with E-state index in [4.69, 9.17) is 5.73 Å². The van der Waals surface area contributed by atoms with Gasteiger partial charge in [0.1, 0.15) is 0 Å². The number of nitrogens with zero attached hydrogens (tertiary/aromatic N) is 1. The number of rotatable bonds is 3. The molecule has 0 aromatic heterocycles. The first-order valence-electron chi connectivity index (χ1n) is 5.64. The number of aliphatic hydroxyl groups is 1. The van der Waals surface area contributed by atoms with Gasteiger partial charge < -0.3 is 10.8 Å². The summed E-state index contributed by atoms with van der Waals surface area (Å²) in [4.78, 5) is 0.155. The molecule has 1 atom stereocenters. The first-order chi connectivity index (χ1) is 8.46. The minimum Gasteiger partial charge on any atom is -0.399 e. The van der Waals surface area contributed by atoms with E-state index in [1.54, 1.807) is 12.1 Å². The van der Waals surface area contributed by atoms with Gasteiger partial charge in [0.15, 0.2) is 0 Å². The highest BCUT2D eigenvalue weighted by atomic mass is 79.9. The summed E-state index contributed by atoms with van der Waals surface area (Å²) in [6, 6.07) is 4.36. The van der Waals surface area contributed by atoms with Gasteiger partial charge in [-0.15, -0.1) is 0 Å². The Balaban J connectivity index is 2.45. The average molecular weight is 335 g/mol. The predicted molar refractivity (Wildman–Crippen MR) is 72.6 cm³/mol. The lowest BCUT2D eigenvalue weighted by atomic mass is 10.2. The van der Waals surface area contributed by atoms with Gasteiger partial charge in [-0.05, 0) is 47.0 Å². The van der Waals surface area contributed by atoms with Crippen molar-refractivity contribution >= 4 is 31.6 Å². The Hall–Kier alpha value is -0.630. The molecule has 1 heterocycles. The Morgan fingerprint density at radius 3 is 2.89 bits per heavy atom. The van der Waals surface area contributed by atoms with Crippen LogP contribution >= 0.6 is 15.9 Å². The second-order valence-corrected chi connectivity index (χ2v) is 7.00. The number of benzene rings is 1. The molecule has 7 heteroatoms. The number of hydrogen-bond acceptors (Lipinski definition) is 4. The number of nitrogen functional groups attached to an aromatic ring is 1. The van der Waals surface area contributed by atoms with Crippen LogP contribution in [0, 0.1) is 0 Å². The molecule has 3 N–H and O–H groups in total. The van der Waals surface area contributed by atoms with Crippen LogP contribution < -0.4 is 5.73 Å². The molecule has 0 bridgehead atoms. The third kappa shape index (κ3) is 2.40. The standard InChI is InChI=1S/C11H15BrN2O3S/c12-10-4-3-8(13)6-11(10)18(16,17)14-5-1-2-9(14)7-15/h3-4,6,9,15H,1-2,5,7,13H2. The molecule has 0 radical (unpaired) electrons. The molecular formula is C11H15BrN2O3S. The van der Waals surface area contributed by atoms with E-state index in [2.05, 4.69) is 15.9 Å². The predicted octanol–water partition coefficient (Wildman–Crippen LogP) is 1.18. The Morgan fingerprint density at radius 2 is 2.22 bits per heavy atom. The van der Waals surface area contributed by atoms with E-state index in [1.807, 2.05) is 0 Å². The van der Waals surface area contributed by atoms with Gasteiger partial charge in [0.25, 0.3) is 0 Å². The molecule has 0 amide bonds. The van der Waals surface area contributed by atoms with Gasteiger partial charge in [-0.2, -0.15) is 4.31 Å². The van der Waals surface area contributed by atoms with Crippen LogP contribution in [-0.2, 0) is 10.0 Å². The smallest absolute Gasteiger partial charge is 0.244 e. The topological polar surface area (TPSA) is 83.6 Å². The maximum atomic E-state index is 12.5. The van der Waals surface area contributed by atoms with Crippen molar-refractivity contribution in [1.82, 2.24) is 4.31 Å². The van der Waals surface area contributed by atoms with E-state index in [0.717, 1.165) is 6.42 Å². The minimum atomic E-state index is -3.61. The lowest BCUT2D eigenvalue weighted by Gasteiger charge is -2.23. The fourth-order valence-electron chi connectivity index (χ4n) is 2.15. The number of anilines is 1. The summed E-state index contributed by atoms with van der Waals surface area (Å²) < 4.78 is 26.9. The molecule has 1 fully saturated rings. The molecule has 0 spiro atoms. The second kappa shape index (κ2) is 5.16. The van der Waals surface area contributed by atoms with E-state index < -0.39 is 10.0 Å². The van der Waals surface area contributed by atoms with Gasteiger partial charge in [-0.25, -0.2) is 8.42 Å². The molecule has 1 aromatic carbocycles. The molecule has 100 valence electrons. The van der Waals surface area contributed by atoms with Gasteiger partial charge in [0, 0.05) is 22.7 Å². The lowest BCUT2D eigenvalue weighted by molar-refractivity contribution is 0.213. The second-order valence-electron chi connectivity index (χ2n) is 4.28. The zero-order valence-electron chi connectivity index (χ0n) is 9.71. The Morgan fingerprint density at radius 1 is 1.50 bits per heavy atom. The van der Waals surface area contributed by atoms with Crippen molar-refractivity contribution in [3.8, 4) is 0 Å². The molecule has 1 aliphatic rings. The van der Waals surface area contributed by atoms with Crippen LogP contribution in [0.25, 0.3) is 0 Å². The third-order valence-corrected chi connectivity index (χ3v) is 6.02. The van der Waals surface area contributed by atoms with Crippen molar-refractivity contribution in [2.45, 2.75) is 23.8 Å². The van der Waals surface area contributed by atoms with E-state index in [9.17, 15) is 13.5 Å². The van der Waals surface area contributed by atoms with Crippen LogP contribution in [0.4, 0.5) is 5.69 Å². The van der Waals surface area contributed by atoms with Crippen LogP contribution in [0.3, 0.4) is 0 Å². The molecular weight excluding hydrogens is 320 g/mol. The normalized spacial score (nSPS) is 21.3. The summed E-state index contributed by atoms with van der Waals surface area (Å²) in [6.07, 6.45) is 1.46. The highest BCUT2D eigenvalue weighted by Crippen LogP contribution is 2.31. The average Bonchev–Trinajstić information content (AvgIpc) is 2.81. The maximum absolute atomic E-state index is 12.5. The van der Waals surface area contributed by atoms with Crippen molar-refractivity contribution in [3.63, 3.8) is 0 Å². The van der Waals surface area contributed by atoms with Gasteiger partial charge in [-0.3, -0.25) is 0 Å². The summed E-state index contributed by atoms with van der Waals surface area (Å²) in [7, 11) is -3.61. The van der Waals surface area contributed by atoms with Crippen molar-refractivity contribution in [1.29, 1.82) is 0 Å². The fraction of sp³-hybridized carbons (Fsp3) is 0.455. The summed E-state index contributed by atoms with van der Waals surface area (Å²) in [6.45, 7) is 0.286. The quantitative estimate of drug-likeness (QED) is 0.813. The minimum absolute atomic E-state index is 0.154. The van der Waals surface area contributed by atoms with Crippen molar-refractivity contribution < 1.29 is 13.5 Å².